The maximum absolute atomic E-state index is 12.5. The molecule has 0 saturated carbocycles. The molecule has 0 radical (unpaired) electrons. The van der Waals surface area contributed by atoms with E-state index >= 15 is 0 Å². The largest absolute Gasteiger partial charge is 0.451 e. The topological polar surface area (TPSA) is 102 Å². The Morgan fingerprint density at radius 2 is 1.77 bits per heavy atom. The number of carbonyl (C=O) groups is 3. The summed E-state index contributed by atoms with van der Waals surface area (Å²) in [6.07, 6.45) is 0. The van der Waals surface area contributed by atoms with E-state index in [9.17, 15) is 14.4 Å². The number of hydrogen-bond acceptors (Lipinski definition) is 6. The standard InChI is InChI=1S/C26H26N4O4S/c1-16-8-7-11-21(17(16)2)28-23(31)13-27-24(32)15-34-26(33)22-12-20-18(3)29-30(25(20)35-22)14-19-9-5-4-6-10-19/h4-12H,13-15H2,1-3H3,(H,27,32)(H,28,31). The molecule has 4 rings (SSSR count). The van der Waals surface area contributed by atoms with Crippen molar-refractivity contribution in [2.75, 3.05) is 18.5 Å². The quantitative estimate of drug-likeness (QED) is 0.364. The highest BCUT2D eigenvalue weighted by Crippen LogP contribution is 2.29. The molecule has 2 heterocycles. The van der Waals surface area contributed by atoms with Crippen LogP contribution in [0.25, 0.3) is 10.2 Å². The van der Waals surface area contributed by atoms with E-state index in [2.05, 4.69) is 15.7 Å². The van der Waals surface area contributed by atoms with Gasteiger partial charge in [-0.2, -0.15) is 5.10 Å². The molecule has 9 heteroatoms. The van der Waals surface area contributed by atoms with E-state index in [-0.39, 0.29) is 12.5 Å². The maximum atomic E-state index is 12.5. The number of hydrogen-bond donors (Lipinski definition) is 2. The highest BCUT2D eigenvalue weighted by Gasteiger charge is 2.18. The minimum Gasteiger partial charge on any atom is -0.451 e. The first-order valence-electron chi connectivity index (χ1n) is 11.1. The van der Waals surface area contributed by atoms with E-state index in [0.29, 0.717) is 17.1 Å². The van der Waals surface area contributed by atoms with Gasteiger partial charge in [0.15, 0.2) is 6.61 Å². The SMILES string of the molecule is Cc1cccc(NC(=O)CNC(=O)COC(=O)c2cc3c(C)nn(Cc4ccccc4)c3s2)c1C. The molecule has 2 aromatic heterocycles. The van der Waals surface area contributed by atoms with Gasteiger partial charge in [-0.3, -0.25) is 14.3 Å². The van der Waals surface area contributed by atoms with Gasteiger partial charge in [0.05, 0.1) is 18.8 Å². The minimum atomic E-state index is -0.591. The number of thiophene rings is 1. The summed E-state index contributed by atoms with van der Waals surface area (Å²) in [5.74, 6) is -1.50. The molecule has 0 unspecified atom stereocenters. The second-order valence-electron chi connectivity index (χ2n) is 8.21. The van der Waals surface area contributed by atoms with Gasteiger partial charge in [-0.15, -0.1) is 11.3 Å². The van der Waals surface area contributed by atoms with Gasteiger partial charge in [-0.25, -0.2) is 4.79 Å². The third-order valence-corrected chi connectivity index (χ3v) is 6.77. The van der Waals surface area contributed by atoms with Crippen LogP contribution in [0.1, 0.15) is 32.1 Å². The van der Waals surface area contributed by atoms with Gasteiger partial charge < -0.3 is 15.4 Å². The minimum absolute atomic E-state index is 0.221. The smallest absolute Gasteiger partial charge is 0.348 e. The highest BCUT2D eigenvalue weighted by atomic mass is 32.1. The first-order chi connectivity index (χ1) is 16.8. The molecule has 0 aliphatic heterocycles. The summed E-state index contributed by atoms with van der Waals surface area (Å²) in [4.78, 5) is 38.1. The maximum Gasteiger partial charge on any atom is 0.348 e. The van der Waals surface area contributed by atoms with Crippen LogP contribution >= 0.6 is 11.3 Å². The molecule has 0 saturated heterocycles. The van der Waals surface area contributed by atoms with Gasteiger partial charge in [0.25, 0.3) is 5.91 Å². The van der Waals surface area contributed by atoms with Crippen molar-refractivity contribution in [3.05, 3.63) is 81.9 Å². The monoisotopic (exact) mass is 490 g/mol. The average molecular weight is 491 g/mol. The van der Waals surface area contributed by atoms with Crippen LogP contribution in [-0.4, -0.2) is 40.7 Å². The fourth-order valence-electron chi connectivity index (χ4n) is 3.59. The molecule has 180 valence electrons. The average Bonchev–Trinajstić information content (AvgIpc) is 3.41. The van der Waals surface area contributed by atoms with E-state index in [4.69, 9.17) is 4.74 Å². The summed E-state index contributed by atoms with van der Waals surface area (Å²) in [5, 5.41) is 10.7. The zero-order valence-corrected chi connectivity index (χ0v) is 20.6. The van der Waals surface area contributed by atoms with Crippen molar-refractivity contribution < 1.29 is 19.1 Å². The van der Waals surface area contributed by atoms with Crippen LogP contribution < -0.4 is 10.6 Å². The van der Waals surface area contributed by atoms with E-state index in [1.807, 2.05) is 67.9 Å². The highest BCUT2D eigenvalue weighted by molar-refractivity contribution is 7.20. The molecule has 35 heavy (non-hydrogen) atoms. The number of fused-ring (bicyclic) bond motifs is 1. The predicted molar refractivity (Wildman–Crippen MR) is 136 cm³/mol. The molecular weight excluding hydrogens is 464 g/mol. The van der Waals surface area contributed by atoms with E-state index < -0.39 is 18.5 Å². The van der Waals surface area contributed by atoms with E-state index in [1.165, 1.54) is 11.3 Å². The number of benzene rings is 2. The van der Waals surface area contributed by atoms with Crippen LogP contribution in [0.5, 0.6) is 0 Å². The Labute approximate surface area is 206 Å². The van der Waals surface area contributed by atoms with Gasteiger partial charge in [-0.1, -0.05) is 42.5 Å². The summed E-state index contributed by atoms with van der Waals surface area (Å²) < 4.78 is 7.03. The zero-order chi connectivity index (χ0) is 24.9. The Hall–Kier alpha value is -3.98. The second kappa shape index (κ2) is 10.5. The molecule has 0 spiro atoms. The Kier molecular flexibility index (Phi) is 7.26. The molecule has 0 aliphatic carbocycles. The summed E-state index contributed by atoms with van der Waals surface area (Å²) in [6.45, 7) is 5.66. The first kappa shape index (κ1) is 24.2. The van der Waals surface area contributed by atoms with Crippen molar-refractivity contribution in [3.63, 3.8) is 0 Å². The number of ether oxygens (including phenoxy) is 1. The molecule has 0 atom stereocenters. The molecule has 0 bridgehead atoms. The van der Waals surface area contributed by atoms with E-state index in [0.717, 1.165) is 32.6 Å². The predicted octanol–water partition coefficient (Wildman–Crippen LogP) is 3.98. The van der Waals surface area contributed by atoms with Crippen molar-refractivity contribution in [1.29, 1.82) is 0 Å². The van der Waals surface area contributed by atoms with Crippen LogP contribution in [0.4, 0.5) is 5.69 Å². The second-order valence-corrected chi connectivity index (χ2v) is 9.24. The van der Waals surface area contributed by atoms with E-state index in [1.54, 1.807) is 12.1 Å². The molecule has 2 N–H and O–H groups in total. The summed E-state index contributed by atoms with van der Waals surface area (Å²) in [5.41, 5.74) is 4.64. The number of amides is 2. The molecule has 0 aliphatic rings. The Morgan fingerprint density at radius 1 is 1.00 bits per heavy atom. The fourth-order valence-corrected chi connectivity index (χ4v) is 4.64. The summed E-state index contributed by atoms with van der Waals surface area (Å²) in [7, 11) is 0. The molecule has 0 fully saturated rings. The Balaban J connectivity index is 1.30. The van der Waals surface area contributed by atoms with Crippen molar-refractivity contribution in [2.45, 2.75) is 27.3 Å². The lowest BCUT2D eigenvalue weighted by Gasteiger charge is -2.11. The number of nitrogens with one attached hydrogen (secondary N) is 2. The lowest BCUT2D eigenvalue weighted by Crippen LogP contribution is -2.35. The normalized spacial score (nSPS) is 10.8. The summed E-state index contributed by atoms with van der Waals surface area (Å²) in [6, 6.07) is 17.3. The Morgan fingerprint density at radius 3 is 2.54 bits per heavy atom. The number of anilines is 1. The molecular formula is C26H26N4O4S. The third-order valence-electron chi connectivity index (χ3n) is 5.64. The zero-order valence-electron chi connectivity index (χ0n) is 19.8. The third kappa shape index (κ3) is 5.75. The van der Waals surface area contributed by atoms with Crippen LogP contribution in [0.3, 0.4) is 0 Å². The van der Waals surface area contributed by atoms with Gasteiger partial charge in [0.2, 0.25) is 5.91 Å². The first-order valence-corrected chi connectivity index (χ1v) is 11.9. The van der Waals surface area contributed by atoms with Crippen molar-refractivity contribution in [2.24, 2.45) is 0 Å². The van der Waals surface area contributed by atoms with Crippen LogP contribution in [0.15, 0.2) is 54.6 Å². The number of aryl methyl sites for hydroxylation is 2. The number of esters is 1. The molecule has 2 amide bonds. The molecule has 8 nitrogen and oxygen atoms in total. The Bertz CT molecular complexity index is 1390. The fraction of sp³-hybridized carbons (Fsp3) is 0.231. The van der Waals surface area contributed by atoms with Crippen molar-refractivity contribution in [3.8, 4) is 0 Å². The van der Waals surface area contributed by atoms with Gasteiger partial charge in [0, 0.05) is 11.1 Å². The lowest BCUT2D eigenvalue weighted by atomic mass is 10.1. The van der Waals surface area contributed by atoms with Crippen LogP contribution in [0, 0.1) is 20.8 Å². The molecule has 4 aromatic rings. The summed E-state index contributed by atoms with van der Waals surface area (Å²) >= 11 is 1.28. The number of nitrogens with zero attached hydrogens (tertiary/aromatic N) is 2. The van der Waals surface area contributed by atoms with Gasteiger partial charge >= 0.3 is 5.97 Å². The van der Waals surface area contributed by atoms with Gasteiger partial charge in [-0.05, 0) is 49.6 Å². The number of carbonyl (C=O) groups excluding carboxylic acids is 3. The van der Waals surface area contributed by atoms with Crippen molar-refractivity contribution >= 4 is 45.0 Å². The van der Waals surface area contributed by atoms with Gasteiger partial charge in [0.1, 0.15) is 9.71 Å². The van der Waals surface area contributed by atoms with Crippen LogP contribution in [0.2, 0.25) is 0 Å². The number of rotatable bonds is 8. The van der Waals surface area contributed by atoms with Crippen molar-refractivity contribution in [1.82, 2.24) is 15.1 Å². The lowest BCUT2D eigenvalue weighted by molar-refractivity contribution is -0.126. The van der Waals surface area contributed by atoms with Crippen LogP contribution in [-0.2, 0) is 20.9 Å². The number of aromatic nitrogens is 2. The molecule has 2 aromatic carbocycles.